The van der Waals surface area contributed by atoms with Crippen LogP contribution in [0.1, 0.15) is 11.3 Å². The number of anilines is 4. The van der Waals surface area contributed by atoms with E-state index >= 15 is 0 Å². The summed E-state index contributed by atoms with van der Waals surface area (Å²) in [4.78, 5) is 9.05. The van der Waals surface area contributed by atoms with Gasteiger partial charge in [0.05, 0.1) is 0 Å². The van der Waals surface area contributed by atoms with E-state index in [9.17, 15) is 0 Å². The first-order valence-corrected chi connectivity index (χ1v) is 8.52. The second kappa shape index (κ2) is 6.92. The smallest absolute Gasteiger partial charge is 0.229 e. The minimum atomic E-state index is 0.555. The van der Waals surface area contributed by atoms with Crippen molar-refractivity contribution < 1.29 is 9.47 Å². The molecule has 4 rings (SSSR count). The van der Waals surface area contributed by atoms with Crippen LogP contribution in [0, 0.1) is 13.8 Å². The first kappa shape index (κ1) is 16.2. The molecule has 6 nitrogen and oxygen atoms in total. The fourth-order valence-electron chi connectivity index (χ4n) is 2.79. The lowest BCUT2D eigenvalue weighted by molar-refractivity contribution is 0.171. The molecule has 0 fully saturated rings. The normalized spacial score (nSPS) is 12.5. The van der Waals surface area contributed by atoms with Crippen LogP contribution in [0.25, 0.3) is 0 Å². The van der Waals surface area contributed by atoms with Gasteiger partial charge in [0.1, 0.15) is 19.0 Å². The zero-order chi connectivity index (χ0) is 17.9. The van der Waals surface area contributed by atoms with Crippen LogP contribution < -0.4 is 20.1 Å². The average molecular weight is 348 g/mol. The van der Waals surface area contributed by atoms with Gasteiger partial charge in [-0.25, -0.2) is 4.98 Å². The molecular formula is C20H20N4O2. The van der Waals surface area contributed by atoms with Gasteiger partial charge in [0, 0.05) is 29.2 Å². The largest absolute Gasteiger partial charge is 0.486 e. The second-order valence-electron chi connectivity index (χ2n) is 6.14. The standard InChI is InChI=1S/C20H20N4O2/c1-13-5-3-4-6-16(13)23-20-21-14(2)11-19(24-20)22-15-7-8-17-18(12-15)26-10-9-25-17/h3-8,11-12H,9-10H2,1-2H3,(H2,21,22,23,24). The van der Waals surface area contributed by atoms with Crippen LogP contribution in [0.2, 0.25) is 0 Å². The zero-order valence-electron chi connectivity index (χ0n) is 14.7. The summed E-state index contributed by atoms with van der Waals surface area (Å²) in [5.41, 5.74) is 3.88. The highest BCUT2D eigenvalue weighted by Crippen LogP contribution is 2.33. The third-order valence-corrected chi connectivity index (χ3v) is 4.06. The van der Waals surface area contributed by atoms with Gasteiger partial charge in [-0.15, -0.1) is 0 Å². The Labute approximate surface area is 152 Å². The van der Waals surface area contributed by atoms with Gasteiger partial charge in [-0.05, 0) is 37.6 Å². The Morgan fingerprint density at radius 3 is 2.50 bits per heavy atom. The van der Waals surface area contributed by atoms with E-state index in [1.54, 1.807) is 0 Å². The maximum absolute atomic E-state index is 5.63. The molecule has 0 saturated carbocycles. The molecule has 1 aliphatic rings. The topological polar surface area (TPSA) is 68.3 Å². The molecule has 6 heteroatoms. The van der Waals surface area contributed by atoms with Gasteiger partial charge in [0.15, 0.2) is 11.5 Å². The van der Waals surface area contributed by atoms with Crippen LogP contribution in [0.3, 0.4) is 0 Å². The molecule has 1 aliphatic heterocycles. The monoisotopic (exact) mass is 348 g/mol. The SMILES string of the molecule is Cc1cc(Nc2ccc3c(c2)OCCO3)nc(Nc2ccccc2C)n1. The van der Waals surface area contributed by atoms with Crippen LogP contribution in [0.15, 0.2) is 48.5 Å². The molecule has 2 heterocycles. The summed E-state index contributed by atoms with van der Waals surface area (Å²) in [6.45, 7) is 5.14. The number of aromatic nitrogens is 2. The number of rotatable bonds is 4. The lowest BCUT2D eigenvalue weighted by Gasteiger charge is -2.19. The highest BCUT2D eigenvalue weighted by Gasteiger charge is 2.12. The molecular weight excluding hydrogens is 328 g/mol. The highest BCUT2D eigenvalue weighted by molar-refractivity contribution is 5.64. The summed E-state index contributed by atoms with van der Waals surface area (Å²) in [6, 6.07) is 15.7. The molecule has 1 aromatic heterocycles. The molecule has 0 aliphatic carbocycles. The Hall–Kier alpha value is -3.28. The second-order valence-corrected chi connectivity index (χ2v) is 6.14. The number of ether oxygens (including phenoxy) is 2. The maximum Gasteiger partial charge on any atom is 0.229 e. The third-order valence-electron chi connectivity index (χ3n) is 4.06. The van der Waals surface area contributed by atoms with Gasteiger partial charge < -0.3 is 20.1 Å². The molecule has 2 aromatic carbocycles. The van der Waals surface area contributed by atoms with E-state index in [0.717, 1.165) is 34.1 Å². The number of aryl methyl sites for hydroxylation is 2. The van der Waals surface area contributed by atoms with Crippen molar-refractivity contribution in [2.24, 2.45) is 0 Å². The number of benzene rings is 2. The first-order chi connectivity index (χ1) is 12.7. The Kier molecular flexibility index (Phi) is 4.31. The quantitative estimate of drug-likeness (QED) is 0.730. The van der Waals surface area contributed by atoms with Gasteiger partial charge in [-0.1, -0.05) is 18.2 Å². The summed E-state index contributed by atoms with van der Waals surface area (Å²) in [5, 5.41) is 6.59. The third kappa shape index (κ3) is 3.54. The molecule has 2 N–H and O–H groups in total. The summed E-state index contributed by atoms with van der Waals surface area (Å²) >= 11 is 0. The molecule has 26 heavy (non-hydrogen) atoms. The molecule has 0 amide bonds. The van der Waals surface area contributed by atoms with Gasteiger partial charge in [-0.3, -0.25) is 0 Å². The molecule has 0 spiro atoms. The van der Waals surface area contributed by atoms with Crippen molar-refractivity contribution in [1.82, 2.24) is 9.97 Å². The lowest BCUT2D eigenvalue weighted by atomic mass is 10.2. The van der Waals surface area contributed by atoms with Crippen molar-refractivity contribution in [1.29, 1.82) is 0 Å². The number of nitrogens with one attached hydrogen (secondary N) is 2. The van der Waals surface area contributed by atoms with Gasteiger partial charge in [0.25, 0.3) is 0 Å². The Bertz CT molecular complexity index is 943. The van der Waals surface area contributed by atoms with E-state index in [1.807, 2.05) is 62.4 Å². The van der Waals surface area contributed by atoms with Crippen molar-refractivity contribution in [2.45, 2.75) is 13.8 Å². The molecule has 0 unspecified atom stereocenters. The van der Waals surface area contributed by atoms with E-state index in [2.05, 4.69) is 20.6 Å². The number of hydrogen-bond donors (Lipinski definition) is 2. The molecule has 3 aromatic rings. The van der Waals surface area contributed by atoms with Gasteiger partial charge in [-0.2, -0.15) is 4.98 Å². The summed E-state index contributed by atoms with van der Waals surface area (Å²) < 4.78 is 11.2. The molecule has 0 radical (unpaired) electrons. The number of fused-ring (bicyclic) bond motifs is 1. The predicted molar refractivity (Wildman–Crippen MR) is 102 cm³/mol. The lowest BCUT2D eigenvalue weighted by Crippen LogP contribution is -2.15. The van der Waals surface area contributed by atoms with E-state index in [0.29, 0.717) is 25.0 Å². The van der Waals surface area contributed by atoms with Crippen LogP contribution in [-0.2, 0) is 0 Å². The van der Waals surface area contributed by atoms with Crippen molar-refractivity contribution in [3.63, 3.8) is 0 Å². The summed E-state index contributed by atoms with van der Waals surface area (Å²) in [7, 11) is 0. The van der Waals surface area contributed by atoms with Gasteiger partial charge in [0.2, 0.25) is 5.95 Å². The van der Waals surface area contributed by atoms with Crippen LogP contribution >= 0.6 is 0 Å². The highest BCUT2D eigenvalue weighted by atomic mass is 16.6. The average Bonchev–Trinajstić information content (AvgIpc) is 2.63. The van der Waals surface area contributed by atoms with E-state index in [4.69, 9.17) is 9.47 Å². The predicted octanol–water partition coefficient (Wildman–Crippen LogP) is 4.35. The maximum atomic E-state index is 5.63. The van der Waals surface area contributed by atoms with Crippen LogP contribution in [0.5, 0.6) is 11.5 Å². The Morgan fingerprint density at radius 1 is 0.846 bits per heavy atom. The van der Waals surface area contributed by atoms with Crippen LogP contribution in [0.4, 0.5) is 23.1 Å². The fraction of sp³-hybridized carbons (Fsp3) is 0.200. The number of para-hydroxylation sites is 1. The van der Waals surface area contributed by atoms with Crippen molar-refractivity contribution >= 4 is 23.1 Å². The minimum absolute atomic E-state index is 0.555. The first-order valence-electron chi connectivity index (χ1n) is 8.52. The van der Waals surface area contributed by atoms with E-state index < -0.39 is 0 Å². The zero-order valence-corrected chi connectivity index (χ0v) is 14.7. The van der Waals surface area contributed by atoms with Crippen molar-refractivity contribution in [3.8, 4) is 11.5 Å². The summed E-state index contributed by atoms with van der Waals surface area (Å²) in [6.07, 6.45) is 0. The molecule has 0 bridgehead atoms. The van der Waals surface area contributed by atoms with Crippen LogP contribution in [-0.4, -0.2) is 23.2 Å². The molecule has 0 atom stereocenters. The Balaban J connectivity index is 1.57. The minimum Gasteiger partial charge on any atom is -0.486 e. The van der Waals surface area contributed by atoms with Crippen molar-refractivity contribution in [3.05, 3.63) is 59.8 Å². The Morgan fingerprint density at radius 2 is 1.65 bits per heavy atom. The van der Waals surface area contributed by atoms with E-state index in [1.165, 1.54) is 0 Å². The summed E-state index contributed by atoms with van der Waals surface area (Å²) in [5.74, 6) is 2.78. The van der Waals surface area contributed by atoms with E-state index in [-0.39, 0.29) is 0 Å². The van der Waals surface area contributed by atoms with Gasteiger partial charge >= 0.3 is 0 Å². The fourth-order valence-corrected chi connectivity index (χ4v) is 2.79. The molecule has 0 saturated heterocycles. The van der Waals surface area contributed by atoms with Crippen molar-refractivity contribution in [2.75, 3.05) is 23.8 Å². The number of hydrogen-bond acceptors (Lipinski definition) is 6. The number of nitrogens with zero attached hydrogens (tertiary/aromatic N) is 2. The molecule has 132 valence electrons.